The number of carbonyl (C=O) groups excluding carboxylic acids is 1. The van der Waals surface area contributed by atoms with Crippen molar-refractivity contribution in [2.45, 2.75) is 13.3 Å². The molecule has 0 aromatic heterocycles. The van der Waals surface area contributed by atoms with Crippen LogP contribution in [0.25, 0.3) is 6.08 Å². The summed E-state index contributed by atoms with van der Waals surface area (Å²) in [4.78, 5) is 12.2. The Balaban J connectivity index is 2.19. The SMILES string of the molecule is CCc1ccccc1NC(=O)/C=C/c1c(OC)cccc1OC. The summed E-state index contributed by atoms with van der Waals surface area (Å²) in [5.41, 5.74) is 2.66. The third kappa shape index (κ3) is 4.13. The standard InChI is InChI=1S/C19H21NO3/c1-4-14-8-5-6-9-16(14)20-19(21)13-12-15-17(22-2)10-7-11-18(15)23-3/h5-13H,4H2,1-3H3,(H,20,21)/b13-12+. The van der Waals surface area contributed by atoms with Crippen LogP contribution in [0.3, 0.4) is 0 Å². The second kappa shape index (κ2) is 8.03. The number of methoxy groups -OCH3 is 2. The first-order valence-electron chi connectivity index (χ1n) is 7.47. The first-order valence-corrected chi connectivity index (χ1v) is 7.47. The topological polar surface area (TPSA) is 47.6 Å². The van der Waals surface area contributed by atoms with Crippen molar-refractivity contribution in [3.05, 3.63) is 59.7 Å². The molecule has 120 valence electrons. The van der Waals surface area contributed by atoms with E-state index in [0.29, 0.717) is 11.5 Å². The van der Waals surface area contributed by atoms with Gasteiger partial charge >= 0.3 is 0 Å². The number of carbonyl (C=O) groups is 1. The number of hydrogen-bond donors (Lipinski definition) is 1. The van der Waals surface area contributed by atoms with E-state index < -0.39 is 0 Å². The van der Waals surface area contributed by atoms with Crippen LogP contribution in [0, 0.1) is 0 Å². The molecule has 2 rings (SSSR count). The fraction of sp³-hybridized carbons (Fsp3) is 0.211. The lowest BCUT2D eigenvalue weighted by Crippen LogP contribution is -2.09. The molecule has 0 aliphatic rings. The van der Waals surface area contributed by atoms with E-state index in [1.54, 1.807) is 20.3 Å². The minimum atomic E-state index is -0.196. The van der Waals surface area contributed by atoms with E-state index in [1.807, 2.05) is 42.5 Å². The van der Waals surface area contributed by atoms with Crippen molar-refractivity contribution in [3.8, 4) is 11.5 Å². The first-order chi connectivity index (χ1) is 11.2. The highest BCUT2D eigenvalue weighted by Crippen LogP contribution is 2.29. The van der Waals surface area contributed by atoms with Crippen LogP contribution in [0.15, 0.2) is 48.5 Å². The summed E-state index contributed by atoms with van der Waals surface area (Å²) in [6.45, 7) is 2.06. The molecule has 0 aliphatic heterocycles. The normalized spacial score (nSPS) is 10.6. The van der Waals surface area contributed by atoms with E-state index in [9.17, 15) is 4.79 Å². The van der Waals surface area contributed by atoms with E-state index >= 15 is 0 Å². The van der Waals surface area contributed by atoms with Crippen LogP contribution in [-0.4, -0.2) is 20.1 Å². The molecule has 0 saturated heterocycles. The van der Waals surface area contributed by atoms with E-state index in [2.05, 4.69) is 12.2 Å². The van der Waals surface area contributed by atoms with Gasteiger partial charge in [-0.25, -0.2) is 0 Å². The fourth-order valence-electron chi connectivity index (χ4n) is 2.33. The van der Waals surface area contributed by atoms with Crippen LogP contribution in [0.4, 0.5) is 5.69 Å². The molecule has 0 radical (unpaired) electrons. The van der Waals surface area contributed by atoms with Gasteiger partial charge in [-0.1, -0.05) is 31.2 Å². The molecule has 0 unspecified atom stereocenters. The van der Waals surface area contributed by atoms with Gasteiger partial charge < -0.3 is 14.8 Å². The molecular weight excluding hydrogens is 290 g/mol. The Kier molecular flexibility index (Phi) is 5.80. The molecule has 0 bridgehead atoms. The number of para-hydroxylation sites is 1. The number of anilines is 1. The number of rotatable bonds is 6. The van der Waals surface area contributed by atoms with Crippen molar-refractivity contribution >= 4 is 17.7 Å². The number of nitrogens with one attached hydrogen (secondary N) is 1. The van der Waals surface area contributed by atoms with Crippen LogP contribution in [0.1, 0.15) is 18.1 Å². The number of ether oxygens (including phenoxy) is 2. The maximum Gasteiger partial charge on any atom is 0.248 e. The second-order valence-corrected chi connectivity index (χ2v) is 4.91. The summed E-state index contributed by atoms with van der Waals surface area (Å²) in [5.74, 6) is 1.11. The number of amides is 1. The molecule has 23 heavy (non-hydrogen) atoms. The zero-order chi connectivity index (χ0) is 16.7. The quantitative estimate of drug-likeness (QED) is 0.823. The van der Waals surface area contributed by atoms with E-state index in [-0.39, 0.29) is 5.91 Å². The summed E-state index contributed by atoms with van der Waals surface area (Å²) in [5, 5.41) is 2.90. The Morgan fingerprint density at radius 3 is 2.30 bits per heavy atom. The van der Waals surface area contributed by atoms with Gasteiger partial charge in [-0.3, -0.25) is 4.79 Å². The fourth-order valence-corrected chi connectivity index (χ4v) is 2.33. The predicted molar refractivity (Wildman–Crippen MR) is 93.0 cm³/mol. The Labute approximate surface area is 136 Å². The molecule has 4 nitrogen and oxygen atoms in total. The average molecular weight is 311 g/mol. The van der Waals surface area contributed by atoms with E-state index in [1.165, 1.54) is 6.08 Å². The maximum atomic E-state index is 12.2. The van der Waals surface area contributed by atoms with Crippen molar-refractivity contribution in [1.29, 1.82) is 0 Å². The second-order valence-electron chi connectivity index (χ2n) is 4.91. The van der Waals surface area contributed by atoms with Crippen LogP contribution in [-0.2, 0) is 11.2 Å². The summed E-state index contributed by atoms with van der Waals surface area (Å²) in [6, 6.07) is 13.3. The third-order valence-electron chi connectivity index (χ3n) is 3.52. The minimum absolute atomic E-state index is 0.196. The van der Waals surface area contributed by atoms with Crippen molar-refractivity contribution in [2.24, 2.45) is 0 Å². The Morgan fingerprint density at radius 2 is 1.70 bits per heavy atom. The zero-order valence-electron chi connectivity index (χ0n) is 13.6. The van der Waals surface area contributed by atoms with Crippen molar-refractivity contribution in [2.75, 3.05) is 19.5 Å². The van der Waals surface area contributed by atoms with E-state index in [4.69, 9.17) is 9.47 Å². The van der Waals surface area contributed by atoms with Crippen molar-refractivity contribution in [1.82, 2.24) is 0 Å². The van der Waals surface area contributed by atoms with Gasteiger partial charge in [0, 0.05) is 11.8 Å². The molecule has 0 atom stereocenters. The van der Waals surface area contributed by atoms with Crippen LogP contribution < -0.4 is 14.8 Å². The maximum absolute atomic E-state index is 12.2. The molecule has 0 saturated carbocycles. The Bertz CT molecular complexity index is 685. The lowest BCUT2D eigenvalue weighted by atomic mass is 10.1. The first kappa shape index (κ1) is 16.6. The molecule has 0 spiro atoms. The molecule has 1 amide bonds. The molecule has 1 N–H and O–H groups in total. The molecule has 4 heteroatoms. The third-order valence-corrected chi connectivity index (χ3v) is 3.52. The smallest absolute Gasteiger partial charge is 0.248 e. The monoisotopic (exact) mass is 311 g/mol. The lowest BCUT2D eigenvalue weighted by molar-refractivity contribution is -0.111. The lowest BCUT2D eigenvalue weighted by Gasteiger charge is -2.10. The molecular formula is C19H21NO3. The minimum Gasteiger partial charge on any atom is -0.496 e. The van der Waals surface area contributed by atoms with Gasteiger partial charge in [0.25, 0.3) is 0 Å². The zero-order valence-corrected chi connectivity index (χ0v) is 13.6. The van der Waals surface area contributed by atoms with Crippen LogP contribution in [0.5, 0.6) is 11.5 Å². The summed E-state index contributed by atoms with van der Waals surface area (Å²) in [7, 11) is 3.17. The van der Waals surface area contributed by atoms with Gasteiger partial charge in [-0.2, -0.15) is 0 Å². The number of aryl methyl sites for hydroxylation is 1. The van der Waals surface area contributed by atoms with Gasteiger partial charge in [-0.15, -0.1) is 0 Å². The Hall–Kier alpha value is -2.75. The van der Waals surface area contributed by atoms with Crippen LogP contribution in [0.2, 0.25) is 0 Å². The largest absolute Gasteiger partial charge is 0.496 e. The molecule has 2 aromatic carbocycles. The summed E-state index contributed by atoms with van der Waals surface area (Å²) < 4.78 is 10.6. The number of hydrogen-bond acceptors (Lipinski definition) is 3. The number of benzene rings is 2. The Morgan fingerprint density at radius 1 is 1.04 bits per heavy atom. The summed E-state index contributed by atoms with van der Waals surface area (Å²) >= 11 is 0. The van der Waals surface area contributed by atoms with Gasteiger partial charge in [-0.05, 0) is 36.3 Å². The van der Waals surface area contributed by atoms with Gasteiger partial charge in [0.15, 0.2) is 0 Å². The summed E-state index contributed by atoms with van der Waals surface area (Å²) in [6.07, 6.45) is 4.04. The average Bonchev–Trinajstić information content (AvgIpc) is 2.59. The highest BCUT2D eigenvalue weighted by molar-refractivity contribution is 6.02. The molecule has 0 aliphatic carbocycles. The molecule has 0 heterocycles. The van der Waals surface area contributed by atoms with Gasteiger partial charge in [0.05, 0.1) is 19.8 Å². The highest BCUT2D eigenvalue weighted by atomic mass is 16.5. The van der Waals surface area contributed by atoms with Gasteiger partial charge in [0.2, 0.25) is 5.91 Å². The van der Waals surface area contributed by atoms with Crippen molar-refractivity contribution < 1.29 is 14.3 Å². The van der Waals surface area contributed by atoms with Gasteiger partial charge in [0.1, 0.15) is 11.5 Å². The predicted octanol–water partition coefficient (Wildman–Crippen LogP) is 3.92. The molecule has 2 aromatic rings. The van der Waals surface area contributed by atoms with Crippen LogP contribution >= 0.6 is 0 Å². The van der Waals surface area contributed by atoms with Crippen molar-refractivity contribution in [3.63, 3.8) is 0 Å². The van der Waals surface area contributed by atoms with E-state index in [0.717, 1.165) is 23.2 Å². The molecule has 0 fully saturated rings. The highest BCUT2D eigenvalue weighted by Gasteiger charge is 2.08.